The third-order valence-electron chi connectivity index (χ3n) is 4.51. The van der Waals surface area contributed by atoms with Gasteiger partial charge >= 0.3 is 6.03 Å². The van der Waals surface area contributed by atoms with Gasteiger partial charge in [-0.3, -0.25) is 10.1 Å². The van der Waals surface area contributed by atoms with Crippen LogP contribution in [0.3, 0.4) is 0 Å². The quantitative estimate of drug-likeness (QED) is 0.754. The molecule has 0 saturated carbocycles. The van der Waals surface area contributed by atoms with Crippen molar-refractivity contribution in [2.45, 2.75) is 31.2 Å². The van der Waals surface area contributed by atoms with Gasteiger partial charge in [0.1, 0.15) is 0 Å². The molecular formula is C17H24ClN3O3. The van der Waals surface area contributed by atoms with Crippen LogP contribution >= 0.6 is 11.6 Å². The molecule has 0 bridgehead atoms. The number of rotatable bonds is 5. The SMILES string of the molecule is CNC(=O)NC(=O)C(C)NCC1(c2ccc(Cl)cc2)CCOCC1. The van der Waals surface area contributed by atoms with Crippen molar-refractivity contribution in [1.82, 2.24) is 16.0 Å². The zero-order chi connectivity index (χ0) is 17.6. The number of amides is 3. The molecule has 1 aliphatic heterocycles. The summed E-state index contributed by atoms with van der Waals surface area (Å²) < 4.78 is 5.51. The maximum atomic E-state index is 12.0. The van der Waals surface area contributed by atoms with E-state index in [-0.39, 0.29) is 11.3 Å². The van der Waals surface area contributed by atoms with Gasteiger partial charge in [-0.05, 0) is 37.5 Å². The third kappa shape index (κ3) is 4.69. The Bertz CT molecular complexity index is 571. The maximum absolute atomic E-state index is 12.0. The van der Waals surface area contributed by atoms with E-state index in [4.69, 9.17) is 16.3 Å². The molecule has 1 aliphatic rings. The second-order valence-electron chi connectivity index (χ2n) is 6.07. The van der Waals surface area contributed by atoms with Crippen LogP contribution in [0.15, 0.2) is 24.3 Å². The van der Waals surface area contributed by atoms with E-state index in [0.717, 1.165) is 12.8 Å². The highest BCUT2D eigenvalue weighted by Crippen LogP contribution is 2.35. The molecule has 1 atom stereocenters. The molecule has 3 N–H and O–H groups in total. The Morgan fingerprint density at radius 1 is 1.25 bits per heavy atom. The van der Waals surface area contributed by atoms with Crippen LogP contribution in [0.25, 0.3) is 0 Å². The summed E-state index contributed by atoms with van der Waals surface area (Å²) in [6, 6.07) is 6.85. The van der Waals surface area contributed by atoms with Gasteiger partial charge in [0.15, 0.2) is 0 Å². The summed E-state index contributed by atoms with van der Waals surface area (Å²) in [5.41, 5.74) is 1.08. The standard InChI is InChI=1S/C17H24ClN3O3/c1-12(15(22)21-16(23)19-2)20-11-17(7-9-24-10-8-17)13-3-5-14(18)6-4-13/h3-6,12,20H,7-11H2,1-2H3,(H2,19,21,22,23). The van der Waals surface area contributed by atoms with Gasteiger partial charge in [0, 0.05) is 37.2 Å². The fourth-order valence-electron chi connectivity index (χ4n) is 2.86. The van der Waals surface area contributed by atoms with E-state index in [9.17, 15) is 9.59 Å². The van der Waals surface area contributed by atoms with Gasteiger partial charge in [0.05, 0.1) is 6.04 Å². The van der Waals surface area contributed by atoms with Crippen molar-refractivity contribution in [3.05, 3.63) is 34.9 Å². The summed E-state index contributed by atoms with van der Waals surface area (Å²) in [7, 11) is 1.47. The van der Waals surface area contributed by atoms with Crippen LogP contribution in [-0.2, 0) is 14.9 Å². The molecule has 0 spiro atoms. The van der Waals surface area contributed by atoms with Crippen molar-refractivity contribution in [2.24, 2.45) is 0 Å². The fourth-order valence-corrected chi connectivity index (χ4v) is 2.98. The van der Waals surface area contributed by atoms with Crippen LogP contribution < -0.4 is 16.0 Å². The number of nitrogens with one attached hydrogen (secondary N) is 3. The topological polar surface area (TPSA) is 79.5 Å². The molecule has 1 saturated heterocycles. The molecule has 1 heterocycles. The highest BCUT2D eigenvalue weighted by Gasteiger charge is 2.35. The van der Waals surface area contributed by atoms with Gasteiger partial charge in [-0.15, -0.1) is 0 Å². The molecule has 1 fully saturated rings. The number of carbonyl (C=O) groups excluding carboxylic acids is 2. The Morgan fingerprint density at radius 2 is 1.88 bits per heavy atom. The number of imide groups is 1. The molecular weight excluding hydrogens is 330 g/mol. The molecule has 0 aliphatic carbocycles. The molecule has 1 aromatic carbocycles. The highest BCUT2D eigenvalue weighted by molar-refractivity contribution is 6.30. The van der Waals surface area contributed by atoms with E-state index < -0.39 is 12.1 Å². The Balaban J connectivity index is 2.05. The number of hydrogen-bond acceptors (Lipinski definition) is 4. The number of urea groups is 1. The summed E-state index contributed by atoms with van der Waals surface area (Å²) in [5, 5.41) is 8.61. The number of benzene rings is 1. The largest absolute Gasteiger partial charge is 0.381 e. The first-order valence-corrected chi connectivity index (χ1v) is 8.44. The lowest BCUT2D eigenvalue weighted by Gasteiger charge is -2.38. The smallest absolute Gasteiger partial charge is 0.321 e. The van der Waals surface area contributed by atoms with E-state index in [0.29, 0.717) is 24.8 Å². The molecule has 6 nitrogen and oxygen atoms in total. The second kappa shape index (κ2) is 8.46. The summed E-state index contributed by atoms with van der Waals surface area (Å²) in [4.78, 5) is 23.2. The van der Waals surface area contributed by atoms with E-state index in [1.54, 1.807) is 6.92 Å². The van der Waals surface area contributed by atoms with E-state index >= 15 is 0 Å². The average Bonchev–Trinajstić information content (AvgIpc) is 2.60. The lowest BCUT2D eigenvalue weighted by molar-refractivity contribution is -0.121. The van der Waals surface area contributed by atoms with Crippen LogP contribution in [0.1, 0.15) is 25.3 Å². The number of carbonyl (C=O) groups is 2. The summed E-state index contributed by atoms with van der Waals surface area (Å²) in [6.07, 6.45) is 1.73. The predicted molar refractivity (Wildman–Crippen MR) is 93.2 cm³/mol. The molecule has 0 radical (unpaired) electrons. The molecule has 1 aromatic rings. The van der Waals surface area contributed by atoms with Gasteiger partial charge in [-0.25, -0.2) is 4.79 Å². The minimum atomic E-state index is -0.507. The molecule has 7 heteroatoms. The molecule has 2 rings (SSSR count). The highest BCUT2D eigenvalue weighted by atomic mass is 35.5. The first-order chi connectivity index (χ1) is 11.5. The van der Waals surface area contributed by atoms with Gasteiger partial charge in [0.25, 0.3) is 0 Å². The van der Waals surface area contributed by atoms with Crippen LogP contribution in [0.4, 0.5) is 4.79 Å². The van der Waals surface area contributed by atoms with Crippen molar-refractivity contribution in [2.75, 3.05) is 26.8 Å². The first kappa shape index (κ1) is 18.7. The van der Waals surface area contributed by atoms with Gasteiger partial charge in [-0.2, -0.15) is 0 Å². The molecule has 24 heavy (non-hydrogen) atoms. The Labute approximate surface area is 147 Å². The lowest BCUT2D eigenvalue weighted by atomic mass is 9.74. The molecule has 1 unspecified atom stereocenters. The first-order valence-electron chi connectivity index (χ1n) is 8.06. The zero-order valence-electron chi connectivity index (χ0n) is 14.0. The normalized spacial score (nSPS) is 17.8. The average molecular weight is 354 g/mol. The Morgan fingerprint density at radius 3 is 2.46 bits per heavy atom. The van der Waals surface area contributed by atoms with Crippen LogP contribution in [0.5, 0.6) is 0 Å². The maximum Gasteiger partial charge on any atom is 0.321 e. The summed E-state index contributed by atoms with van der Waals surface area (Å²) in [6.45, 7) is 3.74. The van der Waals surface area contributed by atoms with Crippen molar-refractivity contribution in [1.29, 1.82) is 0 Å². The minimum absolute atomic E-state index is 0.107. The van der Waals surface area contributed by atoms with Gasteiger partial charge in [-0.1, -0.05) is 23.7 Å². The third-order valence-corrected chi connectivity index (χ3v) is 4.76. The van der Waals surface area contributed by atoms with Crippen molar-refractivity contribution >= 4 is 23.5 Å². The molecule has 132 valence electrons. The second-order valence-corrected chi connectivity index (χ2v) is 6.51. The number of ether oxygens (including phenoxy) is 1. The van der Waals surface area contributed by atoms with E-state index in [1.807, 2.05) is 24.3 Å². The predicted octanol–water partition coefficient (Wildman–Crippen LogP) is 1.82. The number of halogens is 1. The Kier molecular flexibility index (Phi) is 6.60. The Hall–Kier alpha value is -1.63. The van der Waals surface area contributed by atoms with Gasteiger partial charge in [0.2, 0.25) is 5.91 Å². The van der Waals surface area contributed by atoms with E-state index in [2.05, 4.69) is 16.0 Å². The lowest BCUT2D eigenvalue weighted by Crippen LogP contribution is -2.51. The summed E-state index contributed by atoms with van der Waals surface area (Å²) >= 11 is 6.00. The van der Waals surface area contributed by atoms with Crippen molar-refractivity contribution in [3.63, 3.8) is 0 Å². The fraction of sp³-hybridized carbons (Fsp3) is 0.529. The summed E-state index contributed by atoms with van der Waals surface area (Å²) in [5.74, 6) is -0.354. The monoisotopic (exact) mass is 353 g/mol. The molecule has 3 amide bonds. The molecule has 0 aromatic heterocycles. The zero-order valence-corrected chi connectivity index (χ0v) is 14.8. The van der Waals surface area contributed by atoms with Crippen LogP contribution in [0, 0.1) is 0 Å². The van der Waals surface area contributed by atoms with Crippen LogP contribution in [0.2, 0.25) is 5.02 Å². The minimum Gasteiger partial charge on any atom is -0.381 e. The van der Waals surface area contributed by atoms with Crippen LogP contribution in [-0.4, -0.2) is 44.8 Å². The van der Waals surface area contributed by atoms with Crippen molar-refractivity contribution < 1.29 is 14.3 Å². The van der Waals surface area contributed by atoms with E-state index in [1.165, 1.54) is 12.6 Å². The van der Waals surface area contributed by atoms with Gasteiger partial charge < -0.3 is 15.4 Å². The number of hydrogen-bond donors (Lipinski definition) is 3. The van der Waals surface area contributed by atoms with Crippen molar-refractivity contribution in [3.8, 4) is 0 Å².